The smallest absolute Gasteiger partial charge is 0.258 e. The first-order valence-electron chi connectivity index (χ1n) is 9.65. The second-order valence-corrected chi connectivity index (χ2v) is 7.59. The van der Waals surface area contributed by atoms with Gasteiger partial charge in [-0.25, -0.2) is 0 Å². The molecule has 0 heterocycles. The summed E-state index contributed by atoms with van der Waals surface area (Å²) in [5, 5.41) is 2.68. The molecule has 0 bridgehead atoms. The number of hydrogen-bond acceptors (Lipinski definition) is 2. The molecule has 30 heavy (non-hydrogen) atoms. The minimum Gasteiger partial charge on any atom is -0.354 e. The zero-order valence-corrected chi connectivity index (χ0v) is 17.8. The van der Waals surface area contributed by atoms with Gasteiger partial charge in [0.25, 0.3) is 5.91 Å². The van der Waals surface area contributed by atoms with Gasteiger partial charge >= 0.3 is 0 Å². The van der Waals surface area contributed by atoms with Crippen molar-refractivity contribution in [2.45, 2.75) is 11.8 Å². The van der Waals surface area contributed by atoms with Crippen LogP contribution in [0.15, 0.2) is 84.9 Å². The maximum Gasteiger partial charge on any atom is 0.258 e. The first-order chi connectivity index (χ1) is 14.6. The Morgan fingerprint density at radius 1 is 0.867 bits per heavy atom. The molecule has 0 aliphatic heterocycles. The molecule has 3 rings (SSSR count). The van der Waals surface area contributed by atoms with Crippen LogP contribution < -0.4 is 10.2 Å². The number of para-hydroxylation sites is 1. The molecular formula is C24H22Cl2N2O2. The van der Waals surface area contributed by atoms with E-state index in [9.17, 15) is 9.59 Å². The predicted octanol–water partition coefficient (Wildman–Crippen LogP) is 5.47. The van der Waals surface area contributed by atoms with Gasteiger partial charge in [-0.05, 0) is 48.4 Å². The van der Waals surface area contributed by atoms with Gasteiger partial charge in [-0.15, -0.1) is 11.6 Å². The monoisotopic (exact) mass is 440 g/mol. The van der Waals surface area contributed by atoms with Crippen LogP contribution in [0.3, 0.4) is 0 Å². The van der Waals surface area contributed by atoms with Crippen LogP contribution in [0.5, 0.6) is 0 Å². The van der Waals surface area contributed by atoms with Crippen LogP contribution in [0.25, 0.3) is 0 Å². The van der Waals surface area contributed by atoms with Gasteiger partial charge in [0.15, 0.2) is 0 Å². The van der Waals surface area contributed by atoms with Crippen molar-refractivity contribution < 1.29 is 9.59 Å². The van der Waals surface area contributed by atoms with Crippen molar-refractivity contribution in [3.8, 4) is 0 Å². The summed E-state index contributed by atoms with van der Waals surface area (Å²) in [6, 6.07) is 25.5. The summed E-state index contributed by atoms with van der Waals surface area (Å²) in [5.74, 6) is -0.373. The van der Waals surface area contributed by atoms with Gasteiger partial charge in [0.2, 0.25) is 5.91 Å². The van der Waals surface area contributed by atoms with E-state index in [1.54, 1.807) is 29.2 Å². The molecule has 1 unspecified atom stereocenters. The van der Waals surface area contributed by atoms with Crippen molar-refractivity contribution in [2.75, 3.05) is 18.0 Å². The summed E-state index contributed by atoms with van der Waals surface area (Å²) in [7, 11) is 0. The molecule has 0 radical (unpaired) electrons. The summed E-state index contributed by atoms with van der Waals surface area (Å²) < 4.78 is 0. The normalized spacial score (nSPS) is 11.5. The van der Waals surface area contributed by atoms with E-state index in [1.807, 2.05) is 60.7 Å². The first kappa shape index (κ1) is 21.9. The van der Waals surface area contributed by atoms with Crippen molar-refractivity contribution >= 4 is 40.7 Å². The summed E-state index contributed by atoms with van der Waals surface area (Å²) in [4.78, 5) is 27.1. The highest BCUT2D eigenvalue weighted by molar-refractivity contribution is 6.31. The molecular weight excluding hydrogens is 419 g/mol. The van der Waals surface area contributed by atoms with Gasteiger partial charge in [0, 0.05) is 29.4 Å². The number of anilines is 1. The number of carbonyl (C=O) groups excluding carboxylic acids is 2. The molecule has 0 aromatic heterocycles. The molecule has 0 spiro atoms. The standard InChI is InChI=1S/C24H22Cl2N2O2/c25-20-14-12-19(13-15-20)24(30)28(21-10-5-2-6-11-21)17-7-16-27-23(29)22(26)18-8-3-1-4-9-18/h1-6,8-15,22H,7,16-17H2,(H,27,29). The minimum atomic E-state index is -0.743. The molecule has 2 amide bonds. The van der Waals surface area contributed by atoms with Crippen LogP contribution in [-0.4, -0.2) is 24.9 Å². The number of alkyl halides is 1. The molecule has 154 valence electrons. The lowest BCUT2D eigenvalue weighted by Gasteiger charge is -2.23. The Kier molecular flexibility index (Phi) is 7.89. The maximum absolute atomic E-state index is 13.1. The second kappa shape index (κ2) is 10.8. The lowest BCUT2D eigenvalue weighted by molar-refractivity contribution is -0.120. The topological polar surface area (TPSA) is 49.4 Å². The second-order valence-electron chi connectivity index (χ2n) is 6.72. The van der Waals surface area contributed by atoms with E-state index in [4.69, 9.17) is 23.2 Å². The number of nitrogens with one attached hydrogen (secondary N) is 1. The highest BCUT2D eigenvalue weighted by atomic mass is 35.5. The average Bonchev–Trinajstić information content (AvgIpc) is 2.79. The van der Waals surface area contributed by atoms with E-state index < -0.39 is 5.38 Å². The predicted molar refractivity (Wildman–Crippen MR) is 122 cm³/mol. The van der Waals surface area contributed by atoms with Gasteiger partial charge in [0.1, 0.15) is 5.38 Å². The number of carbonyl (C=O) groups is 2. The van der Waals surface area contributed by atoms with Gasteiger partial charge in [-0.2, -0.15) is 0 Å². The Morgan fingerprint density at radius 2 is 1.47 bits per heavy atom. The van der Waals surface area contributed by atoms with Crippen molar-refractivity contribution in [2.24, 2.45) is 0 Å². The van der Waals surface area contributed by atoms with Crippen LogP contribution in [-0.2, 0) is 4.79 Å². The first-order valence-corrected chi connectivity index (χ1v) is 10.5. The van der Waals surface area contributed by atoms with E-state index in [1.165, 1.54) is 0 Å². The van der Waals surface area contributed by atoms with Gasteiger partial charge in [0.05, 0.1) is 0 Å². The van der Waals surface area contributed by atoms with Crippen molar-refractivity contribution in [1.82, 2.24) is 5.32 Å². The number of hydrogen-bond donors (Lipinski definition) is 1. The molecule has 4 nitrogen and oxygen atoms in total. The van der Waals surface area contributed by atoms with Crippen LogP contribution in [0.4, 0.5) is 5.69 Å². The van der Waals surface area contributed by atoms with Gasteiger partial charge in [-0.1, -0.05) is 60.1 Å². The third-order valence-corrected chi connectivity index (χ3v) is 5.29. The van der Waals surface area contributed by atoms with Crippen molar-refractivity contribution in [1.29, 1.82) is 0 Å². The zero-order valence-electron chi connectivity index (χ0n) is 16.3. The van der Waals surface area contributed by atoms with Crippen LogP contribution in [0, 0.1) is 0 Å². The molecule has 0 saturated carbocycles. The van der Waals surface area contributed by atoms with E-state index >= 15 is 0 Å². The Hall–Kier alpha value is -2.82. The van der Waals surface area contributed by atoms with Crippen molar-refractivity contribution in [3.63, 3.8) is 0 Å². The molecule has 0 fully saturated rings. The maximum atomic E-state index is 13.1. The lowest BCUT2D eigenvalue weighted by Crippen LogP contribution is -2.35. The minimum absolute atomic E-state index is 0.122. The third-order valence-electron chi connectivity index (χ3n) is 4.58. The molecule has 6 heteroatoms. The van der Waals surface area contributed by atoms with E-state index in [-0.39, 0.29) is 11.8 Å². The highest BCUT2D eigenvalue weighted by Crippen LogP contribution is 2.21. The molecule has 0 saturated heterocycles. The highest BCUT2D eigenvalue weighted by Gasteiger charge is 2.19. The lowest BCUT2D eigenvalue weighted by atomic mass is 10.1. The summed E-state index contributed by atoms with van der Waals surface area (Å²) in [6.07, 6.45) is 0.582. The van der Waals surface area contributed by atoms with E-state index in [0.717, 1.165) is 11.3 Å². The average molecular weight is 441 g/mol. The Labute approximate surface area is 186 Å². The fraction of sp³-hybridized carbons (Fsp3) is 0.167. The summed E-state index contributed by atoms with van der Waals surface area (Å²) in [6.45, 7) is 0.857. The van der Waals surface area contributed by atoms with Gasteiger partial charge in [-0.3, -0.25) is 9.59 Å². The molecule has 3 aromatic carbocycles. The Bertz CT molecular complexity index is 964. The quantitative estimate of drug-likeness (QED) is 0.372. The molecule has 0 aliphatic carbocycles. The van der Waals surface area contributed by atoms with Gasteiger partial charge < -0.3 is 10.2 Å². The number of rotatable bonds is 8. The fourth-order valence-electron chi connectivity index (χ4n) is 3.02. The Morgan fingerprint density at radius 3 is 2.10 bits per heavy atom. The number of halogens is 2. The Balaban J connectivity index is 1.61. The molecule has 0 aliphatic rings. The molecule has 1 atom stereocenters. The number of nitrogens with zero attached hydrogens (tertiary/aromatic N) is 1. The molecule has 1 N–H and O–H groups in total. The van der Waals surface area contributed by atoms with Crippen LogP contribution >= 0.6 is 23.2 Å². The van der Waals surface area contributed by atoms with Crippen LogP contribution in [0.2, 0.25) is 5.02 Å². The zero-order chi connectivity index (χ0) is 21.3. The van der Waals surface area contributed by atoms with Crippen LogP contribution in [0.1, 0.15) is 27.7 Å². The number of benzene rings is 3. The summed E-state index contributed by atoms with van der Waals surface area (Å²) in [5.41, 5.74) is 2.10. The largest absolute Gasteiger partial charge is 0.354 e. The van der Waals surface area contributed by atoms with E-state index in [0.29, 0.717) is 30.1 Å². The number of amides is 2. The molecule has 3 aromatic rings. The third kappa shape index (κ3) is 5.85. The van der Waals surface area contributed by atoms with E-state index in [2.05, 4.69) is 5.32 Å². The summed E-state index contributed by atoms with van der Waals surface area (Å²) >= 11 is 12.2. The fourth-order valence-corrected chi connectivity index (χ4v) is 3.36. The van der Waals surface area contributed by atoms with Crippen molar-refractivity contribution in [3.05, 3.63) is 101 Å². The SMILES string of the molecule is O=C(NCCCN(C(=O)c1ccc(Cl)cc1)c1ccccc1)C(Cl)c1ccccc1.